The van der Waals surface area contributed by atoms with E-state index in [1.165, 1.54) is 0 Å². The van der Waals surface area contributed by atoms with Crippen molar-refractivity contribution in [2.24, 2.45) is 0 Å². The number of anilines is 1. The number of rotatable bonds is 2. The maximum Gasteiger partial charge on any atom is 0.256 e. The van der Waals surface area contributed by atoms with Gasteiger partial charge in [0.15, 0.2) is 0 Å². The van der Waals surface area contributed by atoms with Gasteiger partial charge in [0.25, 0.3) is 5.91 Å². The van der Waals surface area contributed by atoms with Crippen LogP contribution in [-0.2, 0) is 0 Å². The van der Waals surface area contributed by atoms with Gasteiger partial charge in [-0.15, -0.1) is 0 Å². The fraction of sp³-hybridized carbons (Fsp3) is 0.0588. The maximum absolute atomic E-state index is 12.3. The molecule has 2 aromatic carbocycles. The molecule has 3 aromatic rings. The van der Waals surface area contributed by atoms with Crippen LogP contribution in [0.15, 0.2) is 54.6 Å². The summed E-state index contributed by atoms with van der Waals surface area (Å²) >= 11 is 2.22. The van der Waals surface area contributed by atoms with Crippen LogP contribution in [0, 0.1) is 10.5 Å². The minimum absolute atomic E-state index is 0.145. The van der Waals surface area contributed by atoms with Crippen molar-refractivity contribution in [1.82, 2.24) is 4.98 Å². The molecule has 0 bridgehead atoms. The molecule has 1 N–H and O–H groups in total. The molecule has 21 heavy (non-hydrogen) atoms. The maximum atomic E-state index is 12.3. The molecule has 0 spiro atoms. The molecule has 1 heterocycles. The van der Waals surface area contributed by atoms with Gasteiger partial charge in [-0.3, -0.25) is 4.79 Å². The number of carbonyl (C=O) groups excluding carboxylic acids is 1. The zero-order valence-corrected chi connectivity index (χ0v) is 13.6. The van der Waals surface area contributed by atoms with Crippen molar-refractivity contribution in [1.29, 1.82) is 0 Å². The number of aryl methyl sites for hydroxylation is 1. The van der Waals surface area contributed by atoms with E-state index in [9.17, 15) is 4.79 Å². The van der Waals surface area contributed by atoms with Gasteiger partial charge in [0, 0.05) is 9.13 Å². The SMILES string of the molecule is Cc1nc(NC(=O)c2ccc3ccccc3c2)ccc1I. The lowest BCUT2D eigenvalue weighted by atomic mass is 10.1. The number of amides is 1. The number of benzene rings is 2. The second kappa shape index (κ2) is 5.81. The van der Waals surface area contributed by atoms with Gasteiger partial charge in [-0.25, -0.2) is 4.98 Å². The number of hydrogen-bond donors (Lipinski definition) is 1. The molecule has 104 valence electrons. The molecular formula is C17H13IN2O. The van der Waals surface area contributed by atoms with E-state index in [0.717, 1.165) is 20.0 Å². The number of aromatic nitrogens is 1. The van der Waals surface area contributed by atoms with E-state index in [1.54, 1.807) is 0 Å². The lowest BCUT2D eigenvalue weighted by molar-refractivity contribution is 0.102. The number of nitrogens with zero attached hydrogens (tertiary/aromatic N) is 1. The Morgan fingerprint density at radius 3 is 2.57 bits per heavy atom. The highest BCUT2D eigenvalue weighted by atomic mass is 127. The molecule has 0 saturated heterocycles. The first kappa shape index (κ1) is 14.0. The van der Waals surface area contributed by atoms with E-state index in [0.29, 0.717) is 11.4 Å². The molecule has 0 unspecified atom stereocenters. The van der Waals surface area contributed by atoms with E-state index in [2.05, 4.69) is 32.9 Å². The average molecular weight is 388 g/mol. The number of hydrogen-bond acceptors (Lipinski definition) is 2. The summed E-state index contributed by atoms with van der Waals surface area (Å²) in [5.74, 6) is 0.430. The lowest BCUT2D eigenvalue weighted by Crippen LogP contribution is -2.13. The second-order valence-corrected chi connectivity index (χ2v) is 5.94. The minimum atomic E-state index is -0.145. The number of nitrogens with one attached hydrogen (secondary N) is 1. The third kappa shape index (κ3) is 3.05. The molecule has 1 amide bonds. The second-order valence-electron chi connectivity index (χ2n) is 4.78. The van der Waals surface area contributed by atoms with Crippen molar-refractivity contribution in [2.45, 2.75) is 6.92 Å². The van der Waals surface area contributed by atoms with Crippen LogP contribution < -0.4 is 5.32 Å². The van der Waals surface area contributed by atoms with Gasteiger partial charge >= 0.3 is 0 Å². The summed E-state index contributed by atoms with van der Waals surface area (Å²) in [6.45, 7) is 1.92. The van der Waals surface area contributed by atoms with Crippen molar-refractivity contribution >= 4 is 45.1 Å². The highest BCUT2D eigenvalue weighted by Gasteiger charge is 2.08. The Hall–Kier alpha value is -1.95. The first-order valence-corrected chi connectivity index (χ1v) is 7.65. The topological polar surface area (TPSA) is 42.0 Å². The summed E-state index contributed by atoms with van der Waals surface area (Å²) < 4.78 is 1.08. The standard InChI is InChI=1S/C17H13IN2O/c1-11-15(18)8-9-16(19-11)20-17(21)14-7-6-12-4-2-3-5-13(12)10-14/h2-10H,1H3,(H,19,20,21). The molecule has 0 aliphatic heterocycles. The molecule has 0 fully saturated rings. The molecule has 0 saturated carbocycles. The fourth-order valence-electron chi connectivity index (χ4n) is 2.13. The van der Waals surface area contributed by atoms with Crippen LogP contribution in [0.25, 0.3) is 10.8 Å². The molecule has 1 aromatic heterocycles. The Morgan fingerprint density at radius 2 is 1.81 bits per heavy atom. The fourth-order valence-corrected chi connectivity index (χ4v) is 2.43. The number of carbonyl (C=O) groups is 1. The van der Waals surface area contributed by atoms with Crippen molar-refractivity contribution in [3.05, 3.63) is 69.4 Å². The Morgan fingerprint density at radius 1 is 1.05 bits per heavy atom. The van der Waals surface area contributed by atoms with Crippen molar-refractivity contribution in [2.75, 3.05) is 5.32 Å². The number of halogens is 1. The van der Waals surface area contributed by atoms with Crippen LogP contribution >= 0.6 is 22.6 Å². The van der Waals surface area contributed by atoms with Gasteiger partial charge in [0.2, 0.25) is 0 Å². The number of pyridine rings is 1. The van der Waals surface area contributed by atoms with Gasteiger partial charge in [-0.2, -0.15) is 0 Å². The largest absolute Gasteiger partial charge is 0.307 e. The zero-order valence-electron chi connectivity index (χ0n) is 11.4. The van der Waals surface area contributed by atoms with Gasteiger partial charge < -0.3 is 5.32 Å². The summed E-state index contributed by atoms with van der Waals surface area (Å²) in [4.78, 5) is 16.7. The third-order valence-electron chi connectivity index (χ3n) is 3.27. The van der Waals surface area contributed by atoms with E-state index in [-0.39, 0.29) is 5.91 Å². The van der Waals surface area contributed by atoms with Crippen molar-refractivity contribution in [3.63, 3.8) is 0 Å². The summed E-state index contributed by atoms with van der Waals surface area (Å²) in [7, 11) is 0. The van der Waals surface area contributed by atoms with Crippen LogP contribution in [0.2, 0.25) is 0 Å². The summed E-state index contributed by atoms with van der Waals surface area (Å²) in [6, 6.07) is 17.4. The molecular weight excluding hydrogens is 375 g/mol. The van der Waals surface area contributed by atoms with E-state index < -0.39 is 0 Å². The smallest absolute Gasteiger partial charge is 0.256 e. The van der Waals surface area contributed by atoms with Crippen LogP contribution in [0.5, 0.6) is 0 Å². The Bertz CT molecular complexity index is 830. The summed E-state index contributed by atoms with van der Waals surface area (Å²) in [6.07, 6.45) is 0. The monoisotopic (exact) mass is 388 g/mol. The average Bonchev–Trinajstić information content (AvgIpc) is 2.50. The van der Waals surface area contributed by atoms with Gasteiger partial charge in [-0.05, 0) is 64.6 Å². The van der Waals surface area contributed by atoms with Crippen molar-refractivity contribution in [3.8, 4) is 0 Å². The minimum Gasteiger partial charge on any atom is -0.307 e. The predicted octanol–water partition coefficient (Wildman–Crippen LogP) is 4.40. The van der Waals surface area contributed by atoms with Crippen molar-refractivity contribution < 1.29 is 4.79 Å². The molecule has 3 rings (SSSR count). The first-order chi connectivity index (χ1) is 10.1. The van der Waals surface area contributed by atoms with Crippen LogP contribution in [0.4, 0.5) is 5.82 Å². The molecule has 0 aliphatic carbocycles. The number of fused-ring (bicyclic) bond motifs is 1. The molecule has 0 radical (unpaired) electrons. The Balaban J connectivity index is 1.87. The lowest BCUT2D eigenvalue weighted by Gasteiger charge is -2.07. The molecule has 0 aliphatic rings. The van der Waals surface area contributed by atoms with Gasteiger partial charge in [0.1, 0.15) is 5.82 Å². The van der Waals surface area contributed by atoms with Crippen LogP contribution in [0.3, 0.4) is 0 Å². The Kier molecular flexibility index (Phi) is 3.88. The Labute approximate surface area is 136 Å². The van der Waals surface area contributed by atoms with Gasteiger partial charge in [0.05, 0.1) is 5.69 Å². The molecule has 3 nitrogen and oxygen atoms in total. The van der Waals surface area contributed by atoms with E-state index >= 15 is 0 Å². The first-order valence-electron chi connectivity index (χ1n) is 6.57. The highest BCUT2D eigenvalue weighted by molar-refractivity contribution is 14.1. The van der Waals surface area contributed by atoms with Gasteiger partial charge in [-0.1, -0.05) is 30.3 Å². The van der Waals surface area contributed by atoms with E-state index in [1.807, 2.05) is 61.5 Å². The highest BCUT2D eigenvalue weighted by Crippen LogP contribution is 2.17. The molecule has 4 heteroatoms. The van der Waals surface area contributed by atoms with Crippen LogP contribution in [-0.4, -0.2) is 10.9 Å². The van der Waals surface area contributed by atoms with Crippen LogP contribution in [0.1, 0.15) is 16.1 Å². The molecule has 0 atom stereocenters. The summed E-state index contributed by atoms with van der Waals surface area (Å²) in [5, 5.41) is 5.01. The quantitative estimate of drug-likeness (QED) is 0.662. The third-order valence-corrected chi connectivity index (χ3v) is 4.41. The summed E-state index contributed by atoms with van der Waals surface area (Å²) in [5.41, 5.74) is 1.54. The zero-order chi connectivity index (χ0) is 14.8. The predicted molar refractivity (Wildman–Crippen MR) is 93.6 cm³/mol. The van der Waals surface area contributed by atoms with E-state index in [4.69, 9.17) is 0 Å². The normalized spacial score (nSPS) is 10.6.